The number of ether oxygens (including phenoxy) is 2. The summed E-state index contributed by atoms with van der Waals surface area (Å²) in [6, 6.07) is 3.13. The predicted octanol–water partition coefficient (Wildman–Crippen LogP) is 4.45. The van der Waals surface area contributed by atoms with Crippen molar-refractivity contribution >= 4 is 17.0 Å². The standard InChI is InChI=1S/C20H22O4/c1-7-19(2,3)15-17-12(8-9-14(21)23-17)16(22-6)13-10-11-20(4,5)24-18(13)15/h7-11H,1H2,2-6H3. The van der Waals surface area contributed by atoms with E-state index in [1.54, 1.807) is 13.2 Å². The number of benzene rings is 1. The third kappa shape index (κ3) is 2.42. The smallest absolute Gasteiger partial charge is 0.336 e. The van der Waals surface area contributed by atoms with Gasteiger partial charge in [0.05, 0.1) is 18.1 Å². The molecule has 3 rings (SSSR count). The average Bonchev–Trinajstić information content (AvgIpc) is 2.51. The van der Waals surface area contributed by atoms with E-state index < -0.39 is 16.6 Å². The molecule has 4 nitrogen and oxygen atoms in total. The number of hydrogen-bond acceptors (Lipinski definition) is 4. The van der Waals surface area contributed by atoms with Gasteiger partial charge >= 0.3 is 5.63 Å². The Morgan fingerprint density at radius 2 is 2.00 bits per heavy atom. The molecule has 2 aromatic rings. The zero-order valence-corrected chi connectivity index (χ0v) is 14.7. The van der Waals surface area contributed by atoms with Gasteiger partial charge in [-0.25, -0.2) is 4.79 Å². The van der Waals surface area contributed by atoms with E-state index >= 15 is 0 Å². The Morgan fingerprint density at radius 1 is 1.29 bits per heavy atom. The molecule has 126 valence electrons. The average molecular weight is 326 g/mol. The normalized spacial score (nSPS) is 15.7. The van der Waals surface area contributed by atoms with Crippen LogP contribution in [0.3, 0.4) is 0 Å². The molecule has 2 heterocycles. The highest BCUT2D eigenvalue weighted by molar-refractivity contribution is 5.95. The third-order valence-electron chi connectivity index (χ3n) is 4.40. The number of methoxy groups -OCH3 is 1. The second-order valence-electron chi connectivity index (χ2n) is 7.11. The molecule has 0 saturated heterocycles. The Hall–Kier alpha value is -2.49. The molecule has 1 aromatic carbocycles. The van der Waals surface area contributed by atoms with Gasteiger partial charge in [-0.15, -0.1) is 6.58 Å². The summed E-state index contributed by atoms with van der Waals surface area (Å²) in [5.74, 6) is 1.31. The van der Waals surface area contributed by atoms with E-state index in [0.29, 0.717) is 17.1 Å². The minimum absolute atomic E-state index is 0.406. The van der Waals surface area contributed by atoms with E-state index in [-0.39, 0.29) is 0 Å². The number of allylic oxidation sites excluding steroid dienone is 1. The molecule has 0 spiro atoms. The molecule has 0 amide bonds. The van der Waals surface area contributed by atoms with Gasteiger partial charge in [0.15, 0.2) is 0 Å². The maximum atomic E-state index is 11.9. The van der Waals surface area contributed by atoms with Crippen LogP contribution in [0.5, 0.6) is 11.5 Å². The topological polar surface area (TPSA) is 48.7 Å². The van der Waals surface area contributed by atoms with Gasteiger partial charge in [-0.2, -0.15) is 0 Å². The fourth-order valence-electron chi connectivity index (χ4n) is 3.01. The van der Waals surface area contributed by atoms with Crippen molar-refractivity contribution in [3.8, 4) is 11.5 Å². The highest BCUT2D eigenvalue weighted by Crippen LogP contribution is 2.49. The second kappa shape index (κ2) is 5.26. The Morgan fingerprint density at radius 3 is 2.62 bits per heavy atom. The summed E-state index contributed by atoms with van der Waals surface area (Å²) in [5.41, 5.74) is 0.812. The summed E-state index contributed by atoms with van der Waals surface area (Å²) in [5, 5.41) is 0.744. The van der Waals surface area contributed by atoms with Crippen LogP contribution in [0.4, 0.5) is 0 Å². The molecule has 0 unspecified atom stereocenters. The van der Waals surface area contributed by atoms with Crippen LogP contribution in [0.2, 0.25) is 0 Å². The number of fused-ring (bicyclic) bond motifs is 2. The molecular weight excluding hydrogens is 304 g/mol. The SMILES string of the molecule is C=CC(C)(C)c1c2c(c(OC)c3ccc(=O)oc13)C=CC(C)(C)O2. The first-order chi connectivity index (χ1) is 11.2. The number of rotatable bonds is 3. The molecule has 0 N–H and O–H groups in total. The zero-order valence-electron chi connectivity index (χ0n) is 14.7. The van der Waals surface area contributed by atoms with Crippen LogP contribution in [-0.2, 0) is 5.41 Å². The fourth-order valence-corrected chi connectivity index (χ4v) is 3.01. The van der Waals surface area contributed by atoms with Crippen molar-refractivity contribution in [2.75, 3.05) is 7.11 Å². The van der Waals surface area contributed by atoms with Gasteiger partial charge in [0.2, 0.25) is 0 Å². The second-order valence-corrected chi connectivity index (χ2v) is 7.11. The fraction of sp³-hybridized carbons (Fsp3) is 0.350. The molecule has 24 heavy (non-hydrogen) atoms. The van der Waals surface area contributed by atoms with Crippen LogP contribution in [0.1, 0.15) is 38.8 Å². The lowest BCUT2D eigenvalue weighted by molar-refractivity contribution is 0.155. The first kappa shape index (κ1) is 16.4. The maximum absolute atomic E-state index is 11.9. The number of hydrogen-bond donors (Lipinski definition) is 0. The molecule has 1 aromatic heterocycles. The van der Waals surface area contributed by atoms with Crippen molar-refractivity contribution in [2.45, 2.75) is 38.7 Å². The van der Waals surface area contributed by atoms with E-state index in [1.807, 2.05) is 45.9 Å². The van der Waals surface area contributed by atoms with Gasteiger partial charge in [-0.05, 0) is 32.1 Å². The summed E-state index contributed by atoms with van der Waals surface area (Å²) < 4.78 is 17.4. The van der Waals surface area contributed by atoms with Gasteiger partial charge in [-0.3, -0.25) is 0 Å². The van der Waals surface area contributed by atoms with Crippen molar-refractivity contribution in [3.63, 3.8) is 0 Å². The lowest BCUT2D eigenvalue weighted by atomic mass is 9.80. The maximum Gasteiger partial charge on any atom is 0.336 e. The summed E-state index contributed by atoms with van der Waals surface area (Å²) in [6.45, 7) is 11.9. The van der Waals surface area contributed by atoms with E-state index in [2.05, 4.69) is 6.58 Å². The van der Waals surface area contributed by atoms with Gasteiger partial charge < -0.3 is 13.9 Å². The summed E-state index contributed by atoms with van der Waals surface area (Å²) in [4.78, 5) is 11.9. The Labute approximate surface area is 141 Å². The molecule has 0 bridgehead atoms. The largest absolute Gasteiger partial charge is 0.495 e. The van der Waals surface area contributed by atoms with Crippen molar-refractivity contribution in [2.24, 2.45) is 0 Å². The Kier molecular flexibility index (Phi) is 3.59. The van der Waals surface area contributed by atoms with Gasteiger partial charge in [0.1, 0.15) is 22.7 Å². The Bertz CT molecular complexity index is 913. The van der Waals surface area contributed by atoms with E-state index in [4.69, 9.17) is 13.9 Å². The van der Waals surface area contributed by atoms with Crippen LogP contribution in [-0.4, -0.2) is 12.7 Å². The quantitative estimate of drug-likeness (QED) is 0.617. The first-order valence-corrected chi connectivity index (χ1v) is 7.90. The molecule has 0 aliphatic carbocycles. The predicted molar refractivity (Wildman–Crippen MR) is 96.0 cm³/mol. The van der Waals surface area contributed by atoms with Crippen molar-refractivity contribution in [3.05, 3.63) is 52.4 Å². The van der Waals surface area contributed by atoms with Crippen LogP contribution < -0.4 is 15.1 Å². The molecule has 0 fully saturated rings. The van der Waals surface area contributed by atoms with Gasteiger partial charge in [0, 0.05) is 17.0 Å². The minimum atomic E-state index is -0.466. The molecular formula is C20H22O4. The molecule has 1 aliphatic heterocycles. The van der Waals surface area contributed by atoms with Crippen LogP contribution in [0.25, 0.3) is 17.0 Å². The van der Waals surface area contributed by atoms with E-state index in [1.165, 1.54) is 6.07 Å². The van der Waals surface area contributed by atoms with Crippen LogP contribution >= 0.6 is 0 Å². The van der Waals surface area contributed by atoms with Gasteiger partial charge in [0.25, 0.3) is 0 Å². The molecule has 0 atom stereocenters. The first-order valence-electron chi connectivity index (χ1n) is 7.90. The highest BCUT2D eigenvalue weighted by atomic mass is 16.5. The van der Waals surface area contributed by atoms with Crippen molar-refractivity contribution < 1.29 is 13.9 Å². The monoisotopic (exact) mass is 326 g/mol. The molecule has 1 aliphatic rings. The van der Waals surface area contributed by atoms with Gasteiger partial charge in [-0.1, -0.05) is 19.9 Å². The lowest BCUT2D eigenvalue weighted by Crippen LogP contribution is -2.30. The van der Waals surface area contributed by atoms with Crippen molar-refractivity contribution in [1.82, 2.24) is 0 Å². The summed E-state index contributed by atoms with van der Waals surface area (Å²) in [7, 11) is 1.60. The van der Waals surface area contributed by atoms with Crippen LogP contribution in [0, 0.1) is 0 Å². The van der Waals surface area contributed by atoms with Crippen LogP contribution in [0.15, 0.2) is 40.1 Å². The van der Waals surface area contributed by atoms with Crippen molar-refractivity contribution in [1.29, 1.82) is 0 Å². The summed E-state index contributed by atoms with van der Waals surface area (Å²) >= 11 is 0. The van der Waals surface area contributed by atoms with E-state index in [9.17, 15) is 4.79 Å². The lowest BCUT2D eigenvalue weighted by Gasteiger charge is -2.34. The molecule has 4 heteroatoms. The summed E-state index contributed by atoms with van der Waals surface area (Å²) in [6.07, 6.45) is 5.83. The zero-order chi connectivity index (χ0) is 17.7. The third-order valence-corrected chi connectivity index (χ3v) is 4.40. The molecule has 0 radical (unpaired) electrons. The van der Waals surface area contributed by atoms with E-state index in [0.717, 1.165) is 16.5 Å². The molecule has 0 saturated carbocycles. The Balaban J connectivity index is 2.56. The minimum Gasteiger partial charge on any atom is -0.495 e. The highest BCUT2D eigenvalue weighted by Gasteiger charge is 2.35.